The van der Waals surface area contributed by atoms with Gasteiger partial charge in [-0.05, 0) is 48.2 Å². The van der Waals surface area contributed by atoms with E-state index >= 15 is 0 Å². The zero-order valence-electron chi connectivity index (χ0n) is 9.69. The van der Waals surface area contributed by atoms with Gasteiger partial charge in [0.1, 0.15) is 0 Å². The molecular formula is C15H16N2. The Morgan fingerprint density at radius 2 is 1.88 bits per heavy atom. The number of fused-ring (bicyclic) bond motifs is 1. The molecule has 1 aliphatic carbocycles. The number of aryl methyl sites for hydroxylation is 1. The quantitative estimate of drug-likeness (QED) is 0.767. The summed E-state index contributed by atoms with van der Waals surface area (Å²) >= 11 is 0. The second kappa shape index (κ2) is 4.13. The van der Waals surface area contributed by atoms with Gasteiger partial charge in [-0.2, -0.15) is 0 Å². The molecule has 0 saturated carbocycles. The lowest BCUT2D eigenvalue weighted by atomic mass is 10.1. The minimum atomic E-state index is 0.424. The van der Waals surface area contributed by atoms with Gasteiger partial charge in [0.2, 0.25) is 0 Å². The monoisotopic (exact) mass is 224 g/mol. The van der Waals surface area contributed by atoms with E-state index in [4.69, 9.17) is 5.73 Å². The molecule has 2 heteroatoms. The van der Waals surface area contributed by atoms with Crippen molar-refractivity contribution < 1.29 is 0 Å². The number of hydrogen-bond acceptors (Lipinski definition) is 2. The van der Waals surface area contributed by atoms with E-state index < -0.39 is 0 Å². The van der Waals surface area contributed by atoms with Gasteiger partial charge in [-0.1, -0.05) is 24.3 Å². The molecule has 1 aliphatic rings. The lowest BCUT2D eigenvalue weighted by Gasteiger charge is -2.15. The van der Waals surface area contributed by atoms with E-state index in [1.807, 2.05) is 12.1 Å². The second-order valence-corrected chi connectivity index (χ2v) is 4.56. The van der Waals surface area contributed by atoms with Gasteiger partial charge in [-0.3, -0.25) is 0 Å². The molecular weight excluding hydrogens is 208 g/mol. The average molecular weight is 224 g/mol. The molecule has 1 unspecified atom stereocenters. The van der Waals surface area contributed by atoms with Crippen molar-refractivity contribution in [3.63, 3.8) is 0 Å². The molecule has 0 saturated heterocycles. The van der Waals surface area contributed by atoms with Crippen molar-refractivity contribution in [3.05, 3.63) is 59.7 Å². The predicted molar refractivity (Wildman–Crippen MR) is 72.0 cm³/mol. The van der Waals surface area contributed by atoms with Crippen LogP contribution in [0, 0.1) is 0 Å². The first-order valence-corrected chi connectivity index (χ1v) is 6.03. The van der Waals surface area contributed by atoms with Crippen LogP contribution in [-0.2, 0) is 6.42 Å². The Bertz CT molecular complexity index is 520. The van der Waals surface area contributed by atoms with Crippen molar-refractivity contribution in [3.8, 4) is 0 Å². The minimum absolute atomic E-state index is 0.424. The van der Waals surface area contributed by atoms with Crippen molar-refractivity contribution in [1.29, 1.82) is 0 Å². The predicted octanol–water partition coefficient (Wildman–Crippen LogP) is 3.37. The Labute approximate surface area is 101 Å². The van der Waals surface area contributed by atoms with E-state index in [0.717, 1.165) is 18.5 Å². The van der Waals surface area contributed by atoms with Crippen LogP contribution in [0.15, 0.2) is 48.5 Å². The fourth-order valence-corrected chi connectivity index (χ4v) is 2.52. The molecule has 0 amide bonds. The molecule has 0 fully saturated rings. The normalized spacial score (nSPS) is 17.8. The Hall–Kier alpha value is -1.96. The molecule has 86 valence electrons. The topological polar surface area (TPSA) is 38.0 Å². The minimum Gasteiger partial charge on any atom is -0.399 e. The maximum atomic E-state index is 5.81. The molecule has 2 aromatic carbocycles. The van der Waals surface area contributed by atoms with Crippen LogP contribution >= 0.6 is 0 Å². The smallest absolute Gasteiger partial charge is 0.0519 e. The summed E-state index contributed by atoms with van der Waals surface area (Å²) < 4.78 is 0. The lowest BCUT2D eigenvalue weighted by molar-refractivity contribution is 0.762. The summed E-state index contributed by atoms with van der Waals surface area (Å²) in [6, 6.07) is 17.0. The Morgan fingerprint density at radius 1 is 1.06 bits per heavy atom. The molecule has 3 rings (SSSR count). The molecule has 0 spiro atoms. The first kappa shape index (κ1) is 10.2. The summed E-state index contributed by atoms with van der Waals surface area (Å²) in [5, 5.41) is 3.58. The van der Waals surface area contributed by atoms with Crippen molar-refractivity contribution in [2.75, 3.05) is 11.1 Å². The summed E-state index contributed by atoms with van der Waals surface area (Å²) in [5.74, 6) is 0. The highest BCUT2D eigenvalue weighted by Gasteiger charge is 2.21. The van der Waals surface area contributed by atoms with Crippen molar-refractivity contribution >= 4 is 11.4 Å². The third-order valence-corrected chi connectivity index (χ3v) is 3.36. The third-order valence-electron chi connectivity index (χ3n) is 3.36. The number of nitrogen functional groups attached to an aromatic ring is 1. The number of anilines is 2. The van der Waals surface area contributed by atoms with Crippen LogP contribution in [0.4, 0.5) is 11.4 Å². The fraction of sp³-hybridized carbons (Fsp3) is 0.200. The van der Waals surface area contributed by atoms with Gasteiger partial charge in [-0.25, -0.2) is 0 Å². The van der Waals surface area contributed by atoms with Crippen LogP contribution in [0.25, 0.3) is 0 Å². The highest BCUT2D eigenvalue weighted by atomic mass is 14.9. The molecule has 2 nitrogen and oxygen atoms in total. The van der Waals surface area contributed by atoms with Crippen molar-refractivity contribution in [2.24, 2.45) is 0 Å². The Morgan fingerprint density at radius 3 is 2.71 bits per heavy atom. The fourth-order valence-electron chi connectivity index (χ4n) is 2.52. The first-order chi connectivity index (χ1) is 8.33. The number of rotatable bonds is 2. The van der Waals surface area contributed by atoms with Crippen molar-refractivity contribution in [2.45, 2.75) is 18.9 Å². The number of para-hydroxylation sites is 1. The summed E-state index contributed by atoms with van der Waals surface area (Å²) in [7, 11) is 0. The van der Waals surface area contributed by atoms with E-state index in [1.54, 1.807) is 0 Å². The zero-order chi connectivity index (χ0) is 11.7. The summed E-state index contributed by atoms with van der Waals surface area (Å²) in [6.07, 6.45) is 2.26. The second-order valence-electron chi connectivity index (χ2n) is 4.56. The van der Waals surface area contributed by atoms with E-state index in [9.17, 15) is 0 Å². The Kier molecular flexibility index (Phi) is 2.48. The molecule has 1 atom stereocenters. The number of benzene rings is 2. The van der Waals surface area contributed by atoms with E-state index in [2.05, 4.69) is 41.7 Å². The van der Waals surface area contributed by atoms with Crippen molar-refractivity contribution in [1.82, 2.24) is 0 Å². The molecule has 0 aliphatic heterocycles. The number of hydrogen-bond donors (Lipinski definition) is 2. The maximum Gasteiger partial charge on any atom is 0.0519 e. The number of nitrogens with one attached hydrogen (secondary N) is 1. The average Bonchev–Trinajstić information content (AvgIpc) is 2.73. The molecule has 0 aromatic heterocycles. The molecule has 0 bridgehead atoms. The van der Waals surface area contributed by atoms with Gasteiger partial charge in [0.05, 0.1) is 6.04 Å². The van der Waals surface area contributed by atoms with Crippen LogP contribution in [-0.4, -0.2) is 0 Å². The number of nitrogens with two attached hydrogens (primary N) is 1. The third kappa shape index (κ3) is 1.98. The van der Waals surface area contributed by atoms with Crippen LogP contribution in [0.2, 0.25) is 0 Å². The molecule has 3 N–H and O–H groups in total. The van der Waals surface area contributed by atoms with E-state index in [0.29, 0.717) is 6.04 Å². The van der Waals surface area contributed by atoms with E-state index in [-0.39, 0.29) is 0 Å². The zero-order valence-corrected chi connectivity index (χ0v) is 9.69. The van der Waals surface area contributed by atoms with Gasteiger partial charge in [0, 0.05) is 11.4 Å². The van der Waals surface area contributed by atoms with Crippen LogP contribution in [0.5, 0.6) is 0 Å². The largest absolute Gasteiger partial charge is 0.399 e. The highest BCUT2D eigenvalue weighted by molar-refractivity contribution is 5.52. The maximum absolute atomic E-state index is 5.81. The van der Waals surface area contributed by atoms with Gasteiger partial charge >= 0.3 is 0 Å². The highest BCUT2D eigenvalue weighted by Crippen LogP contribution is 2.34. The Balaban J connectivity index is 1.85. The standard InChI is InChI=1S/C15H16N2/c16-12-7-8-14-11(10-12)6-9-15(14)17-13-4-2-1-3-5-13/h1-5,7-8,10,15,17H,6,9,16H2. The molecule has 2 aromatic rings. The van der Waals surface area contributed by atoms with Crippen LogP contribution in [0.3, 0.4) is 0 Å². The van der Waals surface area contributed by atoms with Gasteiger partial charge in [-0.15, -0.1) is 0 Å². The summed E-state index contributed by atoms with van der Waals surface area (Å²) in [5.41, 5.74) is 10.6. The van der Waals surface area contributed by atoms with Gasteiger partial charge < -0.3 is 11.1 Å². The van der Waals surface area contributed by atoms with Crippen LogP contribution < -0.4 is 11.1 Å². The van der Waals surface area contributed by atoms with Crippen LogP contribution in [0.1, 0.15) is 23.6 Å². The molecule has 0 heterocycles. The van der Waals surface area contributed by atoms with Gasteiger partial charge in [0.25, 0.3) is 0 Å². The first-order valence-electron chi connectivity index (χ1n) is 6.03. The SMILES string of the molecule is Nc1ccc2c(c1)CCC2Nc1ccccc1. The lowest BCUT2D eigenvalue weighted by Crippen LogP contribution is -2.06. The summed E-state index contributed by atoms with van der Waals surface area (Å²) in [4.78, 5) is 0. The van der Waals surface area contributed by atoms with E-state index in [1.165, 1.54) is 16.8 Å². The summed E-state index contributed by atoms with van der Waals surface area (Å²) in [6.45, 7) is 0. The molecule has 17 heavy (non-hydrogen) atoms. The van der Waals surface area contributed by atoms with Gasteiger partial charge in [0.15, 0.2) is 0 Å². The molecule has 0 radical (unpaired) electrons.